The molecule has 0 radical (unpaired) electrons. The molecule has 3 atom stereocenters. The first-order valence-electron chi connectivity index (χ1n) is 18.7. The zero-order valence-electron chi connectivity index (χ0n) is 31.4. The van der Waals surface area contributed by atoms with Crippen molar-refractivity contribution < 1.29 is 41.8 Å². The summed E-state index contributed by atoms with van der Waals surface area (Å²) in [5, 5.41) is 11.0. The number of rotatable bonds is 21. The van der Waals surface area contributed by atoms with E-state index >= 15 is 0 Å². The van der Waals surface area contributed by atoms with Gasteiger partial charge >= 0.3 is 12.3 Å². The summed E-state index contributed by atoms with van der Waals surface area (Å²) in [6.45, 7) is 0.902. The van der Waals surface area contributed by atoms with Crippen LogP contribution >= 0.6 is 0 Å². The Balaban J connectivity index is 1.51. The second kappa shape index (κ2) is 22.6. The summed E-state index contributed by atoms with van der Waals surface area (Å²) in [6, 6.07) is 25.1. The Labute approximate surface area is 329 Å². The lowest BCUT2D eigenvalue weighted by Gasteiger charge is -2.26. The fourth-order valence-corrected chi connectivity index (χ4v) is 5.71. The highest BCUT2D eigenvalue weighted by Crippen LogP contribution is 2.29. The number of nitrogens with two attached hydrogens (primary N) is 2. The Kier molecular flexibility index (Phi) is 17.3. The van der Waals surface area contributed by atoms with Crippen molar-refractivity contribution in [1.82, 2.24) is 21.3 Å². The fraction of sp³-hybridized carbons (Fsp3) is 0.333. The van der Waals surface area contributed by atoms with Crippen molar-refractivity contribution in [2.24, 2.45) is 11.5 Å². The van der Waals surface area contributed by atoms with Gasteiger partial charge in [-0.2, -0.15) is 13.2 Å². The third-order valence-corrected chi connectivity index (χ3v) is 8.85. The number of alkyl halides is 3. The Morgan fingerprint density at radius 1 is 0.596 bits per heavy atom. The monoisotopic (exact) mass is 790 g/mol. The van der Waals surface area contributed by atoms with Gasteiger partial charge in [0.1, 0.15) is 36.2 Å². The summed E-state index contributed by atoms with van der Waals surface area (Å²) in [5.41, 5.74) is 12.4. The summed E-state index contributed by atoms with van der Waals surface area (Å²) < 4.78 is 50.0. The number of unbranched alkanes of at least 4 members (excludes halogenated alkanes) is 2. The van der Waals surface area contributed by atoms with Crippen LogP contribution in [0, 0.1) is 0 Å². The van der Waals surface area contributed by atoms with Crippen molar-refractivity contribution in [1.29, 1.82) is 0 Å². The number of para-hydroxylation sites is 1. The van der Waals surface area contributed by atoms with Gasteiger partial charge in [0.05, 0.1) is 5.56 Å². The maximum absolute atomic E-state index is 14.0. The number of amides is 4. The van der Waals surface area contributed by atoms with E-state index < -0.39 is 53.7 Å². The highest BCUT2D eigenvalue weighted by Gasteiger charge is 2.31. The van der Waals surface area contributed by atoms with Crippen molar-refractivity contribution in [3.8, 4) is 11.5 Å². The number of ether oxygens (including phenoxy) is 2. The third kappa shape index (κ3) is 14.9. The number of nitrogens with one attached hydrogen (secondary N) is 4. The third-order valence-electron chi connectivity index (χ3n) is 8.85. The predicted octanol–water partition coefficient (Wildman–Crippen LogP) is 5.66. The molecule has 0 saturated carbocycles. The van der Waals surface area contributed by atoms with Crippen molar-refractivity contribution in [3.05, 3.63) is 131 Å². The highest BCUT2D eigenvalue weighted by molar-refractivity contribution is 5.94. The standard InChI is InChI=1S/C42H49F3N6O6/c43-42(44,45)32-21-17-30(18-22-32)28-56-33-23-19-31(20-24-33)37(40(54)48-27-29-11-3-1-4-12-29)51-39(53)35(15-7-9-25-46)49-38(52)36(16-8-10-26-47)50-41(55)57-34-13-5-2-6-14-34/h1-6,11-14,17-24,35-37H,7-10,15-16,25-28,46-47H2,(H,48,54)(H,49,52)(H,50,55)(H,51,53)/t35-,36-,37-/m0/s1. The lowest BCUT2D eigenvalue weighted by atomic mass is 10.0. The molecule has 0 aliphatic heterocycles. The molecule has 0 bridgehead atoms. The van der Waals surface area contributed by atoms with E-state index in [1.807, 2.05) is 30.3 Å². The second-order valence-electron chi connectivity index (χ2n) is 13.2. The van der Waals surface area contributed by atoms with Gasteiger partial charge in [-0.05, 0) is 105 Å². The summed E-state index contributed by atoms with van der Waals surface area (Å²) >= 11 is 0. The quantitative estimate of drug-likeness (QED) is 0.0584. The van der Waals surface area contributed by atoms with Gasteiger partial charge in [-0.3, -0.25) is 14.4 Å². The smallest absolute Gasteiger partial charge is 0.416 e. The molecule has 4 aromatic rings. The Bertz CT molecular complexity index is 1850. The molecular weight excluding hydrogens is 741 g/mol. The maximum Gasteiger partial charge on any atom is 0.416 e. The number of hydrogen-bond acceptors (Lipinski definition) is 8. The largest absolute Gasteiger partial charge is 0.489 e. The summed E-state index contributed by atoms with van der Waals surface area (Å²) in [5.74, 6) is -1.13. The van der Waals surface area contributed by atoms with Gasteiger partial charge in [-0.25, -0.2) is 4.79 Å². The molecule has 15 heteroatoms. The molecule has 0 aliphatic rings. The SMILES string of the molecule is NCCCC[C@H](NC(=O)Oc1ccccc1)C(=O)N[C@@H](CCCCN)C(=O)N[C@H](C(=O)NCc1ccccc1)c1ccc(OCc2ccc(C(F)(F)F)cc2)cc1. The van der Waals surface area contributed by atoms with Crippen molar-refractivity contribution in [3.63, 3.8) is 0 Å². The zero-order chi connectivity index (χ0) is 41.0. The average Bonchev–Trinajstić information content (AvgIpc) is 3.21. The van der Waals surface area contributed by atoms with Crippen LogP contribution in [0.1, 0.15) is 66.8 Å². The Morgan fingerprint density at radius 3 is 1.74 bits per heavy atom. The maximum atomic E-state index is 14.0. The van der Waals surface area contributed by atoms with Crippen LogP contribution in [0.4, 0.5) is 18.0 Å². The molecule has 57 heavy (non-hydrogen) atoms. The van der Waals surface area contributed by atoms with Gasteiger partial charge in [0.15, 0.2) is 0 Å². The van der Waals surface area contributed by atoms with E-state index in [4.69, 9.17) is 20.9 Å². The van der Waals surface area contributed by atoms with E-state index in [1.54, 1.807) is 54.6 Å². The Morgan fingerprint density at radius 2 is 1.16 bits per heavy atom. The average molecular weight is 791 g/mol. The first kappa shape index (κ1) is 43.8. The summed E-state index contributed by atoms with van der Waals surface area (Å²) in [4.78, 5) is 54.3. The first-order chi connectivity index (χ1) is 27.5. The van der Waals surface area contributed by atoms with Crippen LogP contribution in [-0.4, -0.2) is 49.0 Å². The molecule has 0 unspecified atom stereocenters. The molecule has 0 spiro atoms. The fourth-order valence-electron chi connectivity index (χ4n) is 5.71. The van der Waals surface area contributed by atoms with Crippen LogP contribution in [-0.2, 0) is 33.7 Å². The molecule has 4 amide bonds. The van der Waals surface area contributed by atoms with Crippen LogP contribution in [0.15, 0.2) is 109 Å². The molecule has 4 rings (SSSR count). The number of benzene rings is 4. The summed E-state index contributed by atoms with van der Waals surface area (Å²) in [7, 11) is 0. The number of hydrogen-bond donors (Lipinski definition) is 6. The van der Waals surface area contributed by atoms with Gasteiger partial charge in [0, 0.05) is 6.54 Å². The normalized spacial score (nSPS) is 12.7. The molecule has 0 aliphatic carbocycles. The number of halogens is 3. The van der Waals surface area contributed by atoms with E-state index in [0.717, 1.165) is 17.7 Å². The molecular formula is C42H49F3N6O6. The molecule has 0 fully saturated rings. The molecule has 4 aromatic carbocycles. The van der Waals surface area contributed by atoms with Gasteiger partial charge in [0.25, 0.3) is 0 Å². The van der Waals surface area contributed by atoms with E-state index in [-0.39, 0.29) is 31.7 Å². The topological polar surface area (TPSA) is 187 Å². The zero-order valence-corrected chi connectivity index (χ0v) is 31.4. The van der Waals surface area contributed by atoms with E-state index in [0.29, 0.717) is 55.6 Å². The minimum atomic E-state index is -4.45. The van der Waals surface area contributed by atoms with E-state index in [9.17, 15) is 32.3 Å². The van der Waals surface area contributed by atoms with Crippen molar-refractivity contribution in [2.45, 2.75) is 76.0 Å². The molecule has 304 valence electrons. The number of carbonyl (C=O) groups excluding carboxylic acids is 4. The first-order valence-corrected chi connectivity index (χ1v) is 18.7. The Hall–Kier alpha value is -5.93. The molecule has 0 aromatic heterocycles. The number of carbonyl (C=O) groups is 4. The highest BCUT2D eigenvalue weighted by atomic mass is 19.4. The van der Waals surface area contributed by atoms with Crippen LogP contribution in [0.5, 0.6) is 11.5 Å². The van der Waals surface area contributed by atoms with Gasteiger partial charge in [-0.1, -0.05) is 72.8 Å². The lowest BCUT2D eigenvalue weighted by Crippen LogP contribution is -2.55. The molecule has 0 heterocycles. The molecule has 12 nitrogen and oxygen atoms in total. The lowest BCUT2D eigenvalue weighted by molar-refractivity contribution is -0.137. The van der Waals surface area contributed by atoms with Crippen molar-refractivity contribution in [2.75, 3.05) is 13.1 Å². The van der Waals surface area contributed by atoms with Crippen LogP contribution in [0.25, 0.3) is 0 Å². The van der Waals surface area contributed by atoms with Gasteiger partial charge in [0.2, 0.25) is 17.7 Å². The van der Waals surface area contributed by atoms with Crippen LogP contribution in [0.3, 0.4) is 0 Å². The minimum absolute atomic E-state index is 0.00849. The predicted molar refractivity (Wildman–Crippen MR) is 209 cm³/mol. The molecule has 8 N–H and O–H groups in total. The molecule has 0 saturated heterocycles. The minimum Gasteiger partial charge on any atom is -0.489 e. The second-order valence-corrected chi connectivity index (χ2v) is 13.2. The van der Waals surface area contributed by atoms with Gasteiger partial charge in [-0.15, -0.1) is 0 Å². The van der Waals surface area contributed by atoms with E-state index in [1.165, 1.54) is 12.1 Å². The van der Waals surface area contributed by atoms with Gasteiger partial charge < -0.3 is 42.2 Å². The van der Waals surface area contributed by atoms with E-state index in [2.05, 4.69) is 21.3 Å². The van der Waals surface area contributed by atoms with Crippen LogP contribution < -0.4 is 42.2 Å². The van der Waals surface area contributed by atoms with Crippen molar-refractivity contribution >= 4 is 23.8 Å². The van der Waals surface area contributed by atoms with Crippen LogP contribution in [0.2, 0.25) is 0 Å². The summed E-state index contributed by atoms with van der Waals surface area (Å²) in [6.07, 6.45) is -2.73.